The van der Waals surface area contributed by atoms with Gasteiger partial charge in [0.2, 0.25) is 0 Å². The third-order valence-electron chi connectivity index (χ3n) is 3.17. The maximum Gasteiger partial charge on any atom is 0.200 e. The van der Waals surface area contributed by atoms with Crippen LogP contribution in [0.25, 0.3) is 0 Å². The number of hydrogen-bond acceptors (Lipinski definition) is 2. The Balaban J connectivity index is 2.03. The van der Waals surface area contributed by atoms with Crippen LogP contribution in [0.5, 0.6) is 5.75 Å². The minimum Gasteiger partial charge on any atom is -0.482 e. The van der Waals surface area contributed by atoms with Gasteiger partial charge in [-0.15, -0.1) is 0 Å². The van der Waals surface area contributed by atoms with Crippen LogP contribution in [-0.4, -0.2) is 12.4 Å². The Labute approximate surface area is 128 Å². The molecule has 0 saturated carbocycles. The molecule has 2 aromatic rings. The predicted octanol–water partition coefficient (Wildman–Crippen LogP) is 4.86. The highest BCUT2D eigenvalue weighted by Gasteiger charge is 2.11. The predicted molar refractivity (Wildman–Crippen MR) is 81.8 cm³/mol. The molecule has 0 aliphatic rings. The highest BCUT2D eigenvalue weighted by Crippen LogP contribution is 2.24. The maximum atomic E-state index is 13.6. The molecule has 0 heterocycles. The van der Waals surface area contributed by atoms with E-state index >= 15 is 0 Å². The maximum absolute atomic E-state index is 13.6. The summed E-state index contributed by atoms with van der Waals surface area (Å²) >= 11 is 5.65. The molecule has 0 bridgehead atoms. The topological polar surface area (TPSA) is 26.3 Å². The first-order valence-electron chi connectivity index (χ1n) is 6.69. The average molecular weight is 307 g/mol. The fraction of sp³-hybridized carbons (Fsp3) is 0.235. The fourth-order valence-electron chi connectivity index (χ4n) is 1.88. The van der Waals surface area contributed by atoms with Crippen molar-refractivity contribution >= 4 is 17.4 Å². The third-order valence-corrected chi connectivity index (χ3v) is 3.47. The molecule has 0 saturated heterocycles. The van der Waals surface area contributed by atoms with Gasteiger partial charge in [0.05, 0.1) is 5.02 Å². The van der Waals surface area contributed by atoms with Crippen molar-refractivity contribution in [3.05, 3.63) is 64.4 Å². The molecule has 0 N–H and O–H groups in total. The van der Waals surface area contributed by atoms with Crippen LogP contribution in [-0.2, 0) is 0 Å². The van der Waals surface area contributed by atoms with E-state index in [1.807, 2.05) is 12.1 Å². The molecule has 0 aliphatic carbocycles. The molecule has 110 valence electrons. The molecule has 4 heteroatoms. The van der Waals surface area contributed by atoms with Gasteiger partial charge in [-0.05, 0) is 23.6 Å². The van der Waals surface area contributed by atoms with Crippen LogP contribution in [0.2, 0.25) is 5.02 Å². The van der Waals surface area contributed by atoms with E-state index in [1.165, 1.54) is 12.1 Å². The van der Waals surface area contributed by atoms with Crippen molar-refractivity contribution < 1.29 is 13.9 Å². The first-order chi connectivity index (χ1) is 9.99. The Hall–Kier alpha value is -1.87. The van der Waals surface area contributed by atoms with Crippen LogP contribution in [0.15, 0.2) is 42.5 Å². The van der Waals surface area contributed by atoms with Crippen molar-refractivity contribution in [2.45, 2.75) is 19.8 Å². The summed E-state index contributed by atoms with van der Waals surface area (Å²) in [6.45, 7) is 3.95. The monoisotopic (exact) mass is 306 g/mol. The number of Topliss-reactive ketones (excluding diaryl/α,β-unsaturated/α-hetero) is 1. The molecule has 0 aliphatic heterocycles. The van der Waals surface area contributed by atoms with E-state index in [-0.39, 0.29) is 23.2 Å². The lowest BCUT2D eigenvalue weighted by Gasteiger charge is -2.09. The molecule has 0 amide bonds. The average Bonchev–Trinajstić information content (AvgIpc) is 2.48. The number of rotatable bonds is 5. The van der Waals surface area contributed by atoms with E-state index < -0.39 is 5.82 Å². The molecule has 0 unspecified atom stereocenters. The van der Waals surface area contributed by atoms with Crippen molar-refractivity contribution in [3.8, 4) is 5.75 Å². The van der Waals surface area contributed by atoms with Gasteiger partial charge >= 0.3 is 0 Å². The van der Waals surface area contributed by atoms with Crippen molar-refractivity contribution in [1.29, 1.82) is 0 Å². The molecular weight excluding hydrogens is 291 g/mol. The first kappa shape index (κ1) is 15.5. The van der Waals surface area contributed by atoms with Crippen molar-refractivity contribution in [2.24, 2.45) is 0 Å². The number of benzene rings is 2. The highest BCUT2D eigenvalue weighted by atomic mass is 35.5. The standard InChI is InChI=1S/C17H16ClFO2/c1-11(2)12-6-8-13(9-7-12)15(20)10-21-16-5-3-4-14(18)17(16)19/h3-9,11H,10H2,1-2H3. The van der Waals surface area contributed by atoms with Crippen molar-refractivity contribution in [2.75, 3.05) is 6.61 Å². The zero-order valence-electron chi connectivity index (χ0n) is 11.9. The van der Waals surface area contributed by atoms with Gasteiger partial charge in [0.1, 0.15) is 0 Å². The zero-order valence-corrected chi connectivity index (χ0v) is 12.7. The number of halogens is 2. The molecule has 2 rings (SSSR count). The third kappa shape index (κ3) is 3.82. The lowest BCUT2D eigenvalue weighted by molar-refractivity contribution is 0.0919. The van der Waals surface area contributed by atoms with Crippen molar-refractivity contribution in [3.63, 3.8) is 0 Å². The number of carbonyl (C=O) groups excluding carboxylic acids is 1. The van der Waals surface area contributed by atoms with E-state index in [9.17, 15) is 9.18 Å². The molecule has 0 aromatic heterocycles. The summed E-state index contributed by atoms with van der Waals surface area (Å²) in [5, 5.41) is -0.0266. The van der Waals surface area contributed by atoms with Gasteiger partial charge < -0.3 is 4.74 Å². The van der Waals surface area contributed by atoms with Crippen LogP contribution in [0.4, 0.5) is 4.39 Å². The second-order valence-electron chi connectivity index (χ2n) is 5.04. The summed E-state index contributed by atoms with van der Waals surface area (Å²) in [5.41, 5.74) is 1.70. The minimum absolute atomic E-state index is 0.0188. The Kier molecular flexibility index (Phi) is 4.97. The van der Waals surface area contributed by atoms with Crippen LogP contribution in [0.1, 0.15) is 35.7 Å². The van der Waals surface area contributed by atoms with Gasteiger partial charge in [0.15, 0.2) is 24.0 Å². The summed E-state index contributed by atoms with van der Waals surface area (Å²) in [6, 6.07) is 11.8. The second kappa shape index (κ2) is 6.72. The number of hydrogen-bond donors (Lipinski definition) is 0. The lowest BCUT2D eigenvalue weighted by atomic mass is 10.0. The van der Waals surface area contributed by atoms with Gasteiger partial charge in [-0.25, -0.2) is 4.39 Å². The Morgan fingerprint density at radius 1 is 1.19 bits per heavy atom. The SMILES string of the molecule is CC(C)c1ccc(C(=O)COc2cccc(Cl)c2F)cc1. The molecule has 2 nitrogen and oxygen atoms in total. The molecule has 2 aromatic carbocycles. The quantitative estimate of drug-likeness (QED) is 0.737. The van der Waals surface area contributed by atoms with E-state index in [0.717, 1.165) is 5.56 Å². The summed E-state index contributed by atoms with van der Waals surface area (Å²) < 4.78 is 18.8. The molecule has 21 heavy (non-hydrogen) atoms. The zero-order chi connectivity index (χ0) is 15.4. The smallest absolute Gasteiger partial charge is 0.200 e. The first-order valence-corrected chi connectivity index (χ1v) is 7.07. The minimum atomic E-state index is -0.651. The van der Waals surface area contributed by atoms with Crippen LogP contribution >= 0.6 is 11.6 Å². The molecular formula is C17H16ClFO2. The summed E-state index contributed by atoms with van der Waals surface area (Å²) in [5.74, 6) is -0.465. The number of ether oxygens (including phenoxy) is 1. The Morgan fingerprint density at radius 3 is 2.48 bits per heavy atom. The Bertz CT molecular complexity index is 636. The summed E-state index contributed by atoms with van der Waals surface area (Å²) in [7, 11) is 0. The number of carbonyl (C=O) groups is 1. The van der Waals surface area contributed by atoms with E-state index in [2.05, 4.69) is 13.8 Å². The number of ketones is 1. The second-order valence-corrected chi connectivity index (χ2v) is 5.45. The fourth-order valence-corrected chi connectivity index (χ4v) is 2.04. The molecule has 0 fully saturated rings. The highest BCUT2D eigenvalue weighted by molar-refractivity contribution is 6.30. The molecule has 0 radical (unpaired) electrons. The van der Waals surface area contributed by atoms with E-state index in [1.54, 1.807) is 18.2 Å². The lowest BCUT2D eigenvalue weighted by Crippen LogP contribution is -2.12. The van der Waals surface area contributed by atoms with Crippen LogP contribution in [0.3, 0.4) is 0 Å². The van der Waals surface area contributed by atoms with E-state index in [0.29, 0.717) is 11.5 Å². The normalized spacial score (nSPS) is 10.7. The molecule has 0 atom stereocenters. The van der Waals surface area contributed by atoms with Gasteiger partial charge in [0.25, 0.3) is 0 Å². The summed E-state index contributed by atoms with van der Waals surface area (Å²) in [6.07, 6.45) is 0. The van der Waals surface area contributed by atoms with Gasteiger partial charge in [-0.1, -0.05) is 55.8 Å². The van der Waals surface area contributed by atoms with Gasteiger partial charge in [0, 0.05) is 5.56 Å². The molecule has 0 spiro atoms. The Morgan fingerprint density at radius 2 is 1.86 bits per heavy atom. The van der Waals surface area contributed by atoms with Gasteiger partial charge in [-0.3, -0.25) is 4.79 Å². The van der Waals surface area contributed by atoms with Crippen molar-refractivity contribution in [1.82, 2.24) is 0 Å². The van der Waals surface area contributed by atoms with Gasteiger partial charge in [-0.2, -0.15) is 0 Å². The van der Waals surface area contributed by atoms with Crippen LogP contribution < -0.4 is 4.74 Å². The summed E-state index contributed by atoms with van der Waals surface area (Å²) in [4.78, 5) is 12.0. The van der Waals surface area contributed by atoms with Crippen LogP contribution in [0, 0.1) is 5.82 Å². The largest absolute Gasteiger partial charge is 0.482 e. The van der Waals surface area contributed by atoms with E-state index in [4.69, 9.17) is 16.3 Å².